The van der Waals surface area contributed by atoms with Gasteiger partial charge in [0.05, 0.1) is 24.4 Å². The van der Waals surface area contributed by atoms with E-state index in [9.17, 15) is 35.9 Å². The third kappa shape index (κ3) is 5.33. The molecule has 1 aliphatic heterocycles. The van der Waals surface area contributed by atoms with Crippen LogP contribution in [0.15, 0.2) is 22.5 Å². The summed E-state index contributed by atoms with van der Waals surface area (Å²) in [6.07, 6.45) is -9.21. The average molecular weight is 421 g/mol. The van der Waals surface area contributed by atoms with Crippen molar-refractivity contribution in [2.24, 2.45) is 5.92 Å². The molecule has 0 aliphatic carbocycles. The van der Waals surface area contributed by atoms with Crippen molar-refractivity contribution in [1.82, 2.24) is 5.32 Å². The Kier molecular flexibility index (Phi) is 7.64. The van der Waals surface area contributed by atoms with Crippen molar-refractivity contribution in [2.75, 3.05) is 25.2 Å². The zero-order valence-electron chi connectivity index (χ0n) is 14.5. The number of rotatable bonds is 6. The number of dihydropyridines is 1. The van der Waals surface area contributed by atoms with E-state index in [2.05, 4.69) is 9.47 Å². The monoisotopic (exact) mass is 421 g/mol. The minimum atomic E-state index is -5.31. The van der Waals surface area contributed by atoms with Gasteiger partial charge in [-0.1, -0.05) is 0 Å². The van der Waals surface area contributed by atoms with Gasteiger partial charge in [0.2, 0.25) is 0 Å². The first-order valence-corrected chi connectivity index (χ1v) is 9.02. The van der Waals surface area contributed by atoms with E-state index in [1.54, 1.807) is 0 Å². The van der Waals surface area contributed by atoms with E-state index in [0.717, 1.165) is 11.8 Å². The zero-order chi connectivity index (χ0) is 21.0. The molecule has 5 nitrogen and oxygen atoms in total. The van der Waals surface area contributed by atoms with Gasteiger partial charge < -0.3 is 14.8 Å². The molecule has 1 rings (SSSR count). The van der Waals surface area contributed by atoms with Crippen molar-refractivity contribution in [3.63, 3.8) is 0 Å². The fourth-order valence-corrected chi connectivity index (χ4v) is 3.11. The smallest absolute Gasteiger partial charge is 0.431 e. The minimum Gasteiger partial charge on any atom is -0.463 e. The normalized spacial score (nSPS) is 16.3. The predicted molar refractivity (Wildman–Crippen MR) is 84.4 cm³/mol. The zero-order valence-corrected chi connectivity index (χ0v) is 15.3. The van der Waals surface area contributed by atoms with Crippen LogP contribution in [0.4, 0.5) is 26.3 Å². The molecule has 0 atom stereocenters. The maximum Gasteiger partial charge on any atom is 0.431 e. The second-order valence-corrected chi connectivity index (χ2v) is 6.06. The van der Waals surface area contributed by atoms with E-state index < -0.39 is 58.5 Å². The first-order chi connectivity index (χ1) is 12.4. The number of alkyl halides is 6. The fraction of sp³-hybridized carbons (Fsp3) is 0.600. The number of allylic oxidation sites excluding steroid dienone is 2. The van der Waals surface area contributed by atoms with E-state index in [-0.39, 0.29) is 13.2 Å². The van der Waals surface area contributed by atoms with Crippen molar-refractivity contribution in [2.45, 2.75) is 26.2 Å². The van der Waals surface area contributed by atoms with Crippen molar-refractivity contribution < 1.29 is 45.4 Å². The maximum atomic E-state index is 13.4. The summed E-state index contributed by atoms with van der Waals surface area (Å²) in [6, 6.07) is 0. The standard InChI is InChI=1S/C15H17F6NO4S/c1-4-25-12(23)8-7(6-27-3)9(13(24)26-5-2)11(15(19,20)21)22-10(8)14(16,17)18/h7,22H,4-6H2,1-3H3. The van der Waals surface area contributed by atoms with E-state index in [0.29, 0.717) is 0 Å². The minimum absolute atomic E-state index is 0.302. The van der Waals surface area contributed by atoms with Gasteiger partial charge in [-0.25, -0.2) is 9.59 Å². The molecule has 27 heavy (non-hydrogen) atoms. The molecule has 1 heterocycles. The highest BCUT2D eigenvalue weighted by Gasteiger charge is 2.52. The van der Waals surface area contributed by atoms with Crippen molar-refractivity contribution >= 4 is 23.7 Å². The number of nitrogens with one attached hydrogen (secondary N) is 1. The molecular formula is C15H17F6NO4S. The van der Waals surface area contributed by atoms with Gasteiger partial charge >= 0.3 is 24.3 Å². The number of thioether (sulfide) groups is 1. The molecule has 0 spiro atoms. The summed E-state index contributed by atoms with van der Waals surface area (Å²) >= 11 is 0.866. The van der Waals surface area contributed by atoms with Crippen LogP contribution in [0, 0.1) is 5.92 Å². The lowest BCUT2D eigenvalue weighted by Crippen LogP contribution is -2.44. The number of esters is 2. The lowest BCUT2D eigenvalue weighted by molar-refractivity contribution is -0.144. The molecule has 0 aromatic carbocycles. The maximum absolute atomic E-state index is 13.4. The van der Waals surface area contributed by atoms with Crippen LogP contribution in [0.5, 0.6) is 0 Å². The summed E-state index contributed by atoms with van der Waals surface area (Å²) in [5.41, 5.74) is -5.98. The molecule has 0 radical (unpaired) electrons. The highest BCUT2D eigenvalue weighted by atomic mass is 32.2. The summed E-state index contributed by atoms with van der Waals surface area (Å²) < 4.78 is 89.6. The Hall–Kier alpha value is -1.85. The molecule has 0 saturated heterocycles. The van der Waals surface area contributed by atoms with Crippen molar-refractivity contribution in [3.8, 4) is 0 Å². The van der Waals surface area contributed by atoms with Crippen molar-refractivity contribution in [3.05, 3.63) is 22.5 Å². The molecule has 0 unspecified atom stereocenters. The number of carbonyl (C=O) groups is 2. The lowest BCUT2D eigenvalue weighted by atomic mass is 9.85. The second-order valence-electron chi connectivity index (χ2n) is 5.15. The quantitative estimate of drug-likeness (QED) is 0.525. The molecule has 1 aliphatic rings. The molecule has 12 heteroatoms. The first kappa shape index (κ1) is 23.2. The molecule has 0 fully saturated rings. The van der Waals surface area contributed by atoms with Gasteiger partial charge in [0.1, 0.15) is 11.4 Å². The summed E-state index contributed by atoms with van der Waals surface area (Å²) in [4.78, 5) is 24.3. The van der Waals surface area contributed by atoms with Gasteiger partial charge in [-0.3, -0.25) is 0 Å². The summed E-state index contributed by atoms with van der Waals surface area (Å²) in [6.45, 7) is 2.05. The number of carbonyl (C=O) groups excluding carboxylic acids is 2. The van der Waals surface area contributed by atoms with Gasteiger partial charge in [-0.2, -0.15) is 38.1 Å². The van der Waals surface area contributed by atoms with Crippen LogP contribution in [0.3, 0.4) is 0 Å². The first-order valence-electron chi connectivity index (χ1n) is 7.62. The van der Waals surface area contributed by atoms with Crippen LogP contribution in [0.1, 0.15) is 13.8 Å². The highest BCUT2D eigenvalue weighted by molar-refractivity contribution is 7.98. The summed E-state index contributed by atoms with van der Waals surface area (Å²) in [5.74, 6) is -5.13. The average Bonchev–Trinajstić information content (AvgIpc) is 2.52. The third-order valence-electron chi connectivity index (χ3n) is 3.38. The fourth-order valence-electron chi connectivity index (χ4n) is 2.44. The molecule has 0 aromatic heterocycles. The SMILES string of the molecule is CCOC(=O)C1=C(C(F)(F)F)NC(C(F)(F)F)=C(C(=O)OCC)C1CSC. The molecule has 0 bridgehead atoms. The number of hydrogen-bond donors (Lipinski definition) is 1. The van der Waals surface area contributed by atoms with Crippen molar-refractivity contribution in [1.29, 1.82) is 0 Å². The summed E-state index contributed by atoms with van der Waals surface area (Å²) in [7, 11) is 0. The Bertz CT molecular complexity index is 602. The highest BCUT2D eigenvalue weighted by Crippen LogP contribution is 2.43. The van der Waals surface area contributed by atoms with Gasteiger partial charge in [0.15, 0.2) is 0 Å². The molecule has 0 amide bonds. The topological polar surface area (TPSA) is 64.6 Å². The van der Waals surface area contributed by atoms with Gasteiger partial charge in [0.25, 0.3) is 0 Å². The number of halogens is 6. The molecular weight excluding hydrogens is 404 g/mol. The third-order valence-corrected chi connectivity index (χ3v) is 4.04. The lowest BCUT2D eigenvalue weighted by Gasteiger charge is -2.33. The van der Waals surface area contributed by atoms with Crippen LogP contribution in [-0.2, 0) is 19.1 Å². The van der Waals surface area contributed by atoms with Crippen LogP contribution in [-0.4, -0.2) is 49.5 Å². The second kappa shape index (κ2) is 8.89. The van der Waals surface area contributed by atoms with E-state index >= 15 is 0 Å². The summed E-state index contributed by atoms with van der Waals surface area (Å²) in [5, 5.41) is 1.20. The largest absolute Gasteiger partial charge is 0.463 e. The van der Waals surface area contributed by atoms with E-state index in [1.807, 2.05) is 0 Å². The predicted octanol–water partition coefficient (Wildman–Crippen LogP) is 3.33. The molecule has 154 valence electrons. The van der Waals surface area contributed by atoms with Crippen LogP contribution >= 0.6 is 11.8 Å². The van der Waals surface area contributed by atoms with E-state index in [4.69, 9.17) is 0 Å². The van der Waals surface area contributed by atoms with Crippen LogP contribution in [0.2, 0.25) is 0 Å². The van der Waals surface area contributed by atoms with Gasteiger partial charge in [-0.15, -0.1) is 0 Å². The molecule has 0 aromatic rings. The Morgan fingerprint density at radius 1 is 0.926 bits per heavy atom. The van der Waals surface area contributed by atoms with Gasteiger partial charge in [0, 0.05) is 11.7 Å². The Balaban J connectivity index is 3.77. The van der Waals surface area contributed by atoms with Crippen LogP contribution < -0.4 is 5.32 Å². The number of hydrogen-bond acceptors (Lipinski definition) is 6. The molecule has 0 saturated carbocycles. The number of ether oxygens (including phenoxy) is 2. The van der Waals surface area contributed by atoms with Gasteiger partial charge in [-0.05, 0) is 20.1 Å². The van der Waals surface area contributed by atoms with Crippen LogP contribution in [0.25, 0.3) is 0 Å². The Labute approximate surface area is 155 Å². The Morgan fingerprint density at radius 3 is 1.56 bits per heavy atom. The molecule has 1 N–H and O–H groups in total. The Morgan fingerprint density at radius 2 is 1.30 bits per heavy atom. The van der Waals surface area contributed by atoms with E-state index in [1.165, 1.54) is 25.4 Å².